The van der Waals surface area contributed by atoms with Crippen LogP contribution in [0.1, 0.15) is 5.76 Å². The van der Waals surface area contributed by atoms with E-state index >= 15 is 0 Å². The van der Waals surface area contributed by atoms with Gasteiger partial charge in [-0.3, -0.25) is 0 Å². The van der Waals surface area contributed by atoms with Crippen molar-refractivity contribution in [3.8, 4) is 22.7 Å². The number of aromatic nitrogens is 1. The van der Waals surface area contributed by atoms with Gasteiger partial charge in [0.15, 0.2) is 0 Å². The van der Waals surface area contributed by atoms with Crippen LogP contribution in [0.4, 0.5) is 13.2 Å². The van der Waals surface area contributed by atoms with Gasteiger partial charge in [-0.2, -0.15) is 13.2 Å². The van der Waals surface area contributed by atoms with Crippen LogP contribution in [-0.4, -0.2) is 4.98 Å². The smallest absolute Gasteiger partial charge is 0.451 e. The molecule has 0 saturated carbocycles. The van der Waals surface area contributed by atoms with Crippen LogP contribution in [0.5, 0.6) is 0 Å². The quantitative estimate of drug-likeness (QED) is 0.468. The number of hydrogen-bond acceptors (Lipinski definition) is 3. The lowest BCUT2D eigenvalue weighted by molar-refractivity contribution is -0.152. The molecular formula is C18H10F3NO2. The molecule has 6 heteroatoms. The summed E-state index contributed by atoms with van der Waals surface area (Å²) in [6, 6.07) is 14.9. The van der Waals surface area contributed by atoms with E-state index in [0.29, 0.717) is 16.7 Å². The number of rotatable bonds is 2. The second kappa shape index (κ2) is 5.26. The van der Waals surface area contributed by atoms with Gasteiger partial charge in [-0.25, -0.2) is 4.98 Å². The molecule has 0 atom stereocenters. The summed E-state index contributed by atoms with van der Waals surface area (Å²) in [7, 11) is 0. The molecule has 0 bridgehead atoms. The predicted molar refractivity (Wildman–Crippen MR) is 82.1 cm³/mol. The highest BCUT2D eigenvalue weighted by molar-refractivity contribution is 5.82. The standard InChI is InChI=1S/C18H10F3NO2/c19-18(20,21)16-15(12-4-2-1-3-5-12)22-17(24-16)13-7-6-11-8-9-23-14(11)10-13/h1-10H. The molecule has 0 unspecified atom stereocenters. The fourth-order valence-electron chi connectivity index (χ4n) is 2.52. The Morgan fingerprint density at radius 3 is 2.42 bits per heavy atom. The van der Waals surface area contributed by atoms with Crippen molar-refractivity contribution >= 4 is 11.0 Å². The van der Waals surface area contributed by atoms with Crippen molar-refractivity contribution in [1.82, 2.24) is 4.98 Å². The van der Waals surface area contributed by atoms with E-state index in [0.717, 1.165) is 5.39 Å². The van der Waals surface area contributed by atoms with E-state index in [2.05, 4.69) is 4.98 Å². The van der Waals surface area contributed by atoms with Crippen molar-refractivity contribution in [2.24, 2.45) is 0 Å². The molecule has 0 saturated heterocycles. The number of nitrogens with zero attached hydrogens (tertiary/aromatic N) is 1. The zero-order chi connectivity index (χ0) is 16.7. The van der Waals surface area contributed by atoms with Crippen LogP contribution in [0.25, 0.3) is 33.7 Å². The largest absolute Gasteiger partial charge is 0.464 e. The number of alkyl halides is 3. The van der Waals surface area contributed by atoms with E-state index in [9.17, 15) is 13.2 Å². The maximum Gasteiger partial charge on any atom is 0.451 e. The Labute approximate surface area is 134 Å². The zero-order valence-electron chi connectivity index (χ0n) is 12.2. The molecule has 0 N–H and O–H groups in total. The lowest BCUT2D eigenvalue weighted by atomic mass is 10.1. The monoisotopic (exact) mass is 329 g/mol. The second-order valence-corrected chi connectivity index (χ2v) is 5.23. The number of furan rings is 1. The first-order valence-electron chi connectivity index (χ1n) is 7.13. The summed E-state index contributed by atoms with van der Waals surface area (Å²) < 4.78 is 50.3. The molecule has 4 aromatic rings. The van der Waals surface area contributed by atoms with E-state index < -0.39 is 11.9 Å². The third-order valence-electron chi connectivity index (χ3n) is 3.63. The van der Waals surface area contributed by atoms with Gasteiger partial charge in [0.1, 0.15) is 11.3 Å². The number of hydrogen-bond donors (Lipinski definition) is 0. The van der Waals surface area contributed by atoms with Gasteiger partial charge in [-0.15, -0.1) is 0 Å². The summed E-state index contributed by atoms with van der Waals surface area (Å²) in [6.07, 6.45) is -3.12. The summed E-state index contributed by atoms with van der Waals surface area (Å²) in [6.45, 7) is 0. The molecule has 120 valence electrons. The molecular weight excluding hydrogens is 319 g/mol. The molecule has 0 aliphatic heterocycles. The molecule has 0 radical (unpaired) electrons. The first-order valence-corrected chi connectivity index (χ1v) is 7.13. The van der Waals surface area contributed by atoms with Gasteiger partial charge in [0, 0.05) is 16.5 Å². The normalized spacial score (nSPS) is 12.0. The SMILES string of the molecule is FC(F)(F)c1oc(-c2ccc3ccoc3c2)nc1-c1ccccc1. The van der Waals surface area contributed by atoms with Crippen LogP contribution in [0, 0.1) is 0 Å². The van der Waals surface area contributed by atoms with E-state index in [-0.39, 0.29) is 11.6 Å². The third-order valence-corrected chi connectivity index (χ3v) is 3.63. The molecule has 3 nitrogen and oxygen atoms in total. The Morgan fingerprint density at radius 1 is 0.875 bits per heavy atom. The average molecular weight is 329 g/mol. The Morgan fingerprint density at radius 2 is 1.67 bits per heavy atom. The summed E-state index contributed by atoms with van der Waals surface area (Å²) in [5, 5.41) is 0.852. The van der Waals surface area contributed by atoms with E-state index in [1.54, 1.807) is 54.6 Å². The van der Waals surface area contributed by atoms with E-state index in [4.69, 9.17) is 8.83 Å². The Kier molecular flexibility index (Phi) is 3.19. The van der Waals surface area contributed by atoms with Gasteiger partial charge in [0.2, 0.25) is 11.7 Å². The first kappa shape index (κ1) is 14.6. The van der Waals surface area contributed by atoms with Crippen LogP contribution in [0.2, 0.25) is 0 Å². The van der Waals surface area contributed by atoms with Crippen molar-refractivity contribution in [3.05, 3.63) is 66.6 Å². The Bertz CT molecular complexity index is 1000. The van der Waals surface area contributed by atoms with Crippen LogP contribution in [0.3, 0.4) is 0 Å². The summed E-state index contributed by atoms with van der Waals surface area (Å²) >= 11 is 0. The number of halogens is 3. The summed E-state index contributed by atoms with van der Waals surface area (Å²) in [5.41, 5.74) is 1.10. The number of oxazole rings is 1. The minimum absolute atomic E-state index is 0.0977. The molecule has 2 aromatic heterocycles. The predicted octanol–water partition coefficient (Wildman–Crippen LogP) is 5.77. The lowest BCUT2D eigenvalue weighted by Gasteiger charge is -2.04. The van der Waals surface area contributed by atoms with Gasteiger partial charge >= 0.3 is 6.18 Å². The van der Waals surface area contributed by atoms with Gasteiger partial charge in [0.25, 0.3) is 0 Å². The van der Waals surface area contributed by atoms with Gasteiger partial charge in [0.05, 0.1) is 6.26 Å². The maximum absolute atomic E-state index is 13.3. The molecule has 4 rings (SSSR count). The molecule has 0 aliphatic rings. The maximum atomic E-state index is 13.3. The average Bonchev–Trinajstić information content (AvgIpc) is 3.21. The zero-order valence-corrected chi connectivity index (χ0v) is 12.2. The first-order chi connectivity index (χ1) is 11.5. The van der Waals surface area contributed by atoms with Gasteiger partial charge < -0.3 is 8.83 Å². The molecule has 0 amide bonds. The molecule has 0 fully saturated rings. The molecule has 2 heterocycles. The summed E-state index contributed by atoms with van der Waals surface area (Å²) in [4.78, 5) is 4.08. The highest BCUT2D eigenvalue weighted by atomic mass is 19.4. The van der Waals surface area contributed by atoms with Crippen LogP contribution in [0.15, 0.2) is 69.7 Å². The van der Waals surface area contributed by atoms with Crippen molar-refractivity contribution in [2.45, 2.75) is 6.18 Å². The number of fused-ring (bicyclic) bond motifs is 1. The summed E-state index contributed by atoms with van der Waals surface area (Å²) in [5.74, 6) is -1.21. The van der Waals surface area contributed by atoms with Gasteiger partial charge in [-0.05, 0) is 18.2 Å². The fourth-order valence-corrected chi connectivity index (χ4v) is 2.52. The second-order valence-electron chi connectivity index (χ2n) is 5.23. The van der Waals surface area contributed by atoms with Crippen LogP contribution < -0.4 is 0 Å². The lowest BCUT2D eigenvalue weighted by Crippen LogP contribution is -2.05. The highest BCUT2D eigenvalue weighted by Crippen LogP contribution is 2.40. The third kappa shape index (κ3) is 2.46. The highest BCUT2D eigenvalue weighted by Gasteiger charge is 2.40. The minimum Gasteiger partial charge on any atom is -0.464 e. The van der Waals surface area contributed by atoms with Crippen molar-refractivity contribution in [3.63, 3.8) is 0 Å². The Hall–Kier alpha value is -3.02. The van der Waals surface area contributed by atoms with E-state index in [1.165, 1.54) is 6.26 Å². The van der Waals surface area contributed by atoms with E-state index in [1.807, 2.05) is 0 Å². The van der Waals surface area contributed by atoms with Crippen molar-refractivity contribution in [1.29, 1.82) is 0 Å². The van der Waals surface area contributed by atoms with Crippen molar-refractivity contribution in [2.75, 3.05) is 0 Å². The van der Waals surface area contributed by atoms with Crippen molar-refractivity contribution < 1.29 is 22.0 Å². The molecule has 2 aromatic carbocycles. The van der Waals surface area contributed by atoms with Crippen LogP contribution in [-0.2, 0) is 6.18 Å². The molecule has 0 spiro atoms. The van der Waals surface area contributed by atoms with Crippen LogP contribution >= 0.6 is 0 Å². The topological polar surface area (TPSA) is 39.2 Å². The fraction of sp³-hybridized carbons (Fsp3) is 0.0556. The number of benzene rings is 2. The molecule has 24 heavy (non-hydrogen) atoms. The molecule has 0 aliphatic carbocycles. The minimum atomic E-state index is -4.63. The van der Waals surface area contributed by atoms with Gasteiger partial charge in [-0.1, -0.05) is 36.4 Å². The Balaban J connectivity index is 1.89.